The van der Waals surface area contributed by atoms with Crippen molar-refractivity contribution in [1.29, 1.82) is 0 Å². The van der Waals surface area contributed by atoms with Crippen LogP contribution in [0.3, 0.4) is 0 Å². The van der Waals surface area contributed by atoms with Gasteiger partial charge in [-0.1, -0.05) is 6.07 Å². The van der Waals surface area contributed by atoms with Gasteiger partial charge in [0.15, 0.2) is 0 Å². The lowest BCUT2D eigenvalue weighted by molar-refractivity contribution is -0.137. The van der Waals surface area contributed by atoms with Crippen LogP contribution in [0, 0.1) is 0 Å². The molecule has 3 nitrogen and oxygen atoms in total. The fraction of sp³-hybridized carbons (Fsp3) is 0.333. The van der Waals surface area contributed by atoms with Crippen LogP contribution >= 0.6 is 0 Å². The van der Waals surface area contributed by atoms with Crippen LogP contribution in [0.25, 0.3) is 0 Å². The minimum Gasteiger partial charge on any atom is -0.312 e. The summed E-state index contributed by atoms with van der Waals surface area (Å²) in [5.41, 5.74) is -0.618. The van der Waals surface area contributed by atoms with Gasteiger partial charge in [0.1, 0.15) is 5.78 Å². The summed E-state index contributed by atoms with van der Waals surface area (Å²) in [5, 5.41) is 0. The Morgan fingerprint density at radius 1 is 1.17 bits per heavy atom. The molecule has 0 aliphatic carbocycles. The van der Waals surface area contributed by atoms with Gasteiger partial charge in [0.05, 0.1) is 12.0 Å². The second-order valence-corrected chi connectivity index (χ2v) is 4.06. The quantitative estimate of drug-likeness (QED) is 0.724. The summed E-state index contributed by atoms with van der Waals surface area (Å²) in [5.74, 6) is -0.631. The van der Waals surface area contributed by atoms with Crippen LogP contribution in [0.1, 0.15) is 18.4 Å². The second-order valence-electron chi connectivity index (χ2n) is 4.06. The van der Waals surface area contributed by atoms with Crippen LogP contribution in [0.4, 0.5) is 18.9 Å². The fourth-order valence-electron chi connectivity index (χ4n) is 1.84. The zero-order chi connectivity index (χ0) is 13.3. The molecule has 2 rings (SSSR count). The van der Waals surface area contributed by atoms with Crippen LogP contribution in [0.5, 0.6) is 0 Å². The highest BCUT2D eigenvalue weighted by atomic mass is 19.4. The van der Waals surface area contributed by atoms with Crippen molar-refractivity contribution in [3.05, 3.63) is 29.8 Å². The first-order valence-electron chi connectivity index (χ1n) is 5.37. The first-order valence-corrected chi connectivity index (χ1v) is 5.37. The Hall–Kier alpha value is -1.85. The predicted octanol–water partition coefficient (Wildman–Crippen LogP) is 2.40. The third-order valence-corrected chi connectivity index (χ3v) is 2.75. The number of halogens is 3. The number of alkyl halides is 3. The number of rotatable bonds is 1. The molecular weight excluding hydrogens is 247 g/mol. The molecular formula is C12H10F3NO2. The van der Waals surface area contributed by atoms with E-state index in [1.807, 2.05) is 0 Å². The molecule has 1 amide bonds. The minimum atomic E-state index is -4.44. The van der Waals surface area contributed by atoms with Crippen molar-refractivity contribution in [3.63, 3.8) is 0 Å². The molecule has 1 fully saturated rings. The second kappa shape index (κ2) is 4.44. The molecule has 0 bridgehead atoms. The van der Waals surface area contributed by atoms with E-state index in [9.17, 15) is 22.8 Å². The molecule has 18 heavy (non-hydrogen) atoms. The van der Waals surface area contributed by atoms with Gasteiger partial charge >= 0.3 is 6.18 Å². The van der Waals surface area contributed by atoms with E-state index in [0.717, 1.165) is 12.1 Å². The van der Waals surface area contributed by atoms with Crippen molar-refractivity contribution >= 4 is 17.4 Å². The standard InChI is InChI=1S/C12H10F3NO2/c13-12(14,15)8-2-1-3-9(6-8)16-5-4-10(17)7-11(16)18/h1-3,6H,4-5,7H2. The van der Waals surface area contributed by atoms with Crippen molar-refractivity contribution in [2.24, 2.45) is 0 Å². The summed E-state index contributed by atoms with van der Waals surface area (Å²) in [6, 6.07) is 4.56. The Labute approximate surface area is 101 Å². The van der Waals surface area contributed by atoms with E-state index in [0.29, 0.717) is 0 Å². The Morgan fingerprint density at radius 3 is 2.50 bits per heavy atom. The highest BCUT2D eigenvalue weighted by molar-refractivity contribution is 6.08. The number of carbonyl (C=O) groups is 2. The number of Topliss-reactive ketones (excluding diaryl/α,β-unsaturated/α-hetero) is 1. The van der Waals surface area contributed by atoms with Crippen LogP contribution in [-0.2, 0) is 15.8 Å². The largest absolute Gasteiger partial charge is 0.416 e. The van der Waals surface area contributed by atoms with E-state index in [-0.39, 0.29) is 30.9 Å². The number of hydrogen-bond donors (Lipinski definition) is 0. The zero-order valence-corrected chi connectivity index (χ0v) is 9.33. The van der Waals surface area contributed by atoms with Gasteiger partial charge in [-0.15, -0.1) is 0 Å². The zero-order valence-electron chi connectivity index (χ0n) is 9.33. The van der Waals surface area contributed by atoms with Gasteiger partial charge in [0.25, 0.3) is 0 Å². The van der Waals surface area contributed by atoms with E-state index < -0.39 is 17.6 Å². The Kier molecular flexibility index (Phi) is 3.11. The number of carbonyl (C=O) groups excluding carboxylic acids is 2. The summed E-state index contributed by atoms with van der Waals surface area (Å²) in [6.45, 7) is 0.138. The maximum atomic E-state index is 12.5. The van der Waals surface area contributed by atoms with Gasteiger partial charge in [0.2, 0.25) is 5.91 Å². The summed E-state index contributed by atoms with van der Waals surface area (Å²) in [7, 11) is 0. The molecule has 0 atom stereocenters. The van der Waals surface area contributed by atoms with Gasteiger partial charge in [0, 0.05) is 18.7 Å². The Bertz CT molecular complexity index is 496. The first kappa shape index (κ1) is 12.6. The summed E-state index contributed by atoms with van der Waals surface area (Å²) >= 11 is 0. The molecule has 6 heteroatoms. The molecule has 1 aliphatic rings. The molecule has 1 saturated heterocycles. The van der Waals surface area contributed by atoms with Crippen molar-refractivity contribution in [2.45, 2.75) is 19.0 Å². The lowest BCUT2D eigenvalue weighted by Gasteiger charge is -2.26. The average molecular weight is 257 g/mol. The molecule has 1 heterocycles. The van der Waals surface area contributed by atoms with Crippen LogP contribution in [0.15, 0.2) is 24.3 Å². The van der Waals surface area contributed by atoms with E-state index >= 15 is 0 Å². The predicted molar refractivity (Wildman–Crippen MR) is 58.0 cm³/mol. The van der Waals surface area contributed by atoms with Crippen molar-refractivity contribution < 1.29 is 22.8 Å². The number of hydrogen-bond acceptors (Lipinski definition) is 2. The summed E-state index contributed by atoms with van der Waals surface area (Å²) in [6.07, 6.45) is -4.50. The van der Waals surface area contributed by atoms with Crippen LogP contribution in [0.2, 0.25) is 0 Å². The number of piperidine rings is 1. The third-order valence-electron chi connectivity index (χ3n) is 2.75. The van der Waals surface area contributed by atoms with E-state index in [2.05, 4.69) is 0 Å². The van der Waals surface area contributed by atoms with Gasteiger partial charge in [-0.05, 0) is 18.2 Å². The highest BCUT2D eigenvalue weighted by Gasteiger charge is 2.32. The number of ketones is 1. The van der Waals surface area contributed by atoms with Crippen LogP contribution < -0.4 is 4.90 Å². The fourth-order valence-corrected chi connectivity index (χ4v) is 1.84. The van der Waals surface area contributed by atoms with E-state index in [4.69, 9.17) is 0 Å². The van der Waals surface area contributed by atoms with Gasteiger partial charge < -0.3 is 4.90 Å². The Balaban J connectivity index is 2.29. The molecule has 1 aliphatic heterocycles. The number of anilines is 1. The minimum absolute atomic E-state index is 0.138. The highest BCUT2D eigenvalue weighted by Crippen LogP contribution is 2.32. The van der Waals surface area contributed by atoms with Gasteiger partial charge in [-0.3, -0.25) is 9.59 Å². The topological polar surface area (TPSA) is 37.4 Å². The molecule has 1 aromatic carbocycles. The van der Waals surface area contributed by atoms with Gasteiger partial charge in [-0.2, -0.15) is 13.2 Å². The first-order chi connectivity index (χ1) is 8.38. The van der Waals surface area contributed by atoms with Gasteiger partial charge in [-0.25, -0.2) is 0 Å². The monoisotopic (exact) mass is 257 g/mol. The van der Waals surface area contributed by atoms with Crippen LogP contribution in [-0.4, -0.2) is 18.2 Å². The van der Waals surface area contributed by atoms with E-state index in [1.165, 1.54) is 17.0 Å². The van der Waals surface area contributed by atoms with E-state index in [1.54, 1.807) is 0 Å². The third kappa shape index (κ3) is 2.52. The lowest BCUT2D eigenvalue weighted by Crippen LogP contribution is -2.39. The molecule has 0 N–H and O–H groups in total. The van der Waals surface area contributed by atoms with Crippen molar-refractivity contribution in [1.82, 2.24) is 0 Å². The maximum Gasteiger partial charge on any atom is 0.416 e. The number of nitrogens with zero attached hydrogens (tertiary/aromatic N) is 1. The Morgan fingerprint density at radius 2 is 1.89 bits per heavy atom. The maximum absolute atomic E-state index is 12.5. The van der Waals surface area contributed by atoms with Crippen molar-refractivity contribution in [2.75, 3.05) is 11.4 Å². The summed E-state index contributed by atoms with van der Waals surface area (Å²) < 4.78 is 37.6. The molecule has 1 aromatic rings. The number of amides is 1. The molecule has 0 radical (unpaired) electrons. The number of benzene rings is 1. The average Bonchev–Trinajstić information content (AvgIpc) is 2.28. The molecule has 0 aromatic heterocycles. The molecule has 96 valence electrons. The smallest absolute Gasteiger partial charge is 0.312 e. The molecule has 0 spiro atoms. The molecule has 0 saturated carbocycles. The lowest BCUT2D eigenvalue weighted by atomic mass is 10.1. The summed E-state index contributed by atoms with van der Waals surface area (Å²) in [4.78, 5) is 23.9. The molecule has 0 unspecified atom stereocenters. The van der Waals surface area contributed by atoms with Crippen molar-refractivity contribution in [3.8, 4) is 0 Å². The normalized spacial score (nSPS) is 17.2. The SMILES string of the molecule is O=C1CCN(c2cccc(C(F)(F)F)c2)C(=O)C1.